The van der Waals surface area contributed by atoms with Gasteiger partial charge in [-0.05, 0) is 12.1 Å². The van der Waals surface area contributed by atoms with Crippen LogP contribution in [0.4, 0.5) is 5.69 Å². The van der Waals surface area contributed by atoms with Crippen LogP contribution in [-0.2, 0) is 24.8 Å². The highest BCUT2D eigenvalue weighted by Gasteiger charge is 2.42. The minimum absolute atomic E-state index is 0.526. The summed E-state index contributed by atoms with van der Waals surface area (Å²) in [7, 11) is 4.01. The first-order valence-corrected chi connectivity index (χ1v) is 4.65. The molecule has 0 amide bonds. The zero-order valence-corrected chi connectivity index (χ0v) is 9.52. The minimum Gasteiger partial charge on any atom is -0.465 e. The number of nitrogens with two attached hydrogens (primary N) is 1. The van der Waals surface area contributed by atoms with E-state index in [2.05, 4.69) is 4.74 Å². The average Bonchev–Trinajstić information content (AvgIpc) is 2.33. The summed E-state index contributed by atoms with van der Waals surface area (Å²) in [6.45, 7) is 0. The summed E-state index contributed by atoms with van der Waals surface area (Å²) >= 11 is 0. The van der Waals surface area contributed by atoms with Gasteiger partial charge in [0, 0.05) is 25.5 Å². The number of nitrogen functional groups attached to an aromatic ring is 1. The Bertz CT molecular complexity index is 357. The van der Waals surface area contributed by atoms with Crippen LogP contribution in [0.5, 0.6) is 0 Å². The molecular weight excluding hydrogens is 210 g/mol. The average molecular weight is 225 g/mol. The Morgan fingerprint density at radius 3 is 2.00 bits per heavy atom. The van der Waals surface area contributed by atoms with Crippen molar-refractivity contribution in [2.24, 2.45) is 0 Å². The number of hydrogen-bond donors (Lipinski definition) is 1. The predicted octanol–water partition coefficient (Wildman–Crippen LogP) is 0.887. The molecule has 0 heterocycles. The van der Waals surface area contributed by atoms with Crippen molar-refractivity contribution in [3.63, 3.8) is 0 Å². The van der Waals surface area contributed by atoms with Gasteiger partial charge in [-0.1, -0.05) is 12.1 Å². The topological polar surface area (TPSA) is 70.8 Å². The molecule has 1 aromatic carbocycles. The Morgan fingerprint density at radius 2 is 1.62 bits per heavy atom. The molecule has 0 aliphatic carbocycles. The van der Waals surface area contributed by atoms with Crippen molar-refractivity contribution in [2.75, 3.05) is 27.1 Å². The normalized spacial score (nSPS) is 11.2. The summed E-state index contributed by atoms with van der Waals surface area (Å²) in [6, 6.07) is 6.62. The molecule has 0 saturated carbocycles. The molecule has 16 heavy (non-hydrogen) atoms. The van der Waals surface area contributed by atoms with E-state index in [1.54, 1.807) is 24.3 Å². The summed E-state index contributed by atoms with van der Waals surface area (Å²) in [5.74, 6) is -2.16. The van der Waals surface area contributed by atoms with Gasteiger partial charge in [0.1, 0.15) is 0 Å². The Kier molecular flexibility index (Phi) is 3.87. The van der Waals surface area contributed by atoms with Gasteiger partial charge in [0.05, 0.1) is 7.11 Å². The Hall–Kier alpha value is -1.59. The van der Waals surface area contributed by atoms with E-state index < -0.39 is 11.8 Å². The number of ether oxygens (including phenoxy) is 3. The molecule has 2 N–H and O–H groups in total. The van der Waals surface area contributed by atoms with Crippen LogP contribution < -0.4 is 5.73 Å². The third-order valence-electron chi connectivity index (χ3n) is 2.32. The van der Waals surface area contributed by atoms with Gasteiger partial charge in [0.15, 0.2) is 0 Å². The first kappa shape index (κ1) is 12.5. The largest absolute Gasteiger partial charge is 0.465 e. The van der Waals surface area contributed by atoms with Crippen molar-refractivity contribution in [3.05, 3.63) is 29.8 Å². The highest BCUT2D eigenvalue weighted by atomic mass is 16.7. The molecule has 1 rings (SSSR count). The molecule has 0 fully saturated rings. The molecule has 5 nitrogen and oxygen atoms in total. The number of carbonyl (C=O) groups is 1. The fraction of sp³-hybridized carbons (Fsp3) is 0.364. The summed E-state index contributed by atoms with van der Waals surface area (Å²) < 4.78 is 14.9. The van der Waals surface area contributed by atoms with Gasteiger partial charge in [-0.3, -0.25) is 0 Å². The van der Waals surface area contributed by atoms with E-state index in [1.165, 1.54) is 21.3 Å². The van der Waals surface area contributed by atoms with Crippen LogP contribution in [-0.4, -0.2) is 27.3 Å². The van der Waals surface area contributed by atoms with E-state index in [-0.39, 0.29) is 0 Å². The number of benzene rings is 1. The molecule has 0 bridgehead atoms. The SMILES string of the molecule is COC(=O)C(OC)(OC)c1ccc(N)cc1. The second kappa shape index (κ2) is 4.96. The Labute approximate surface area is 94.1 Å². The van der Waals surface area contributed by atoms with Gasteiger partial charge < -0.3 is 19.9 Å². The summed E-state index contributed by atoms with van der Waals surface area (Å²) in [4.78, 5) is 11.7. The smallest absolute Gasteiger partial charge is 0.371 e. The summed E-state index contributed by atoms with van der Waals surface area (Å²) in [5.41, 5.74) is 6.68. The summed E-state index contributed by atoms with van der Waals surface area (Å²) in [5, 5.41) is 0. The molecule has 0 aliphatic heterocycles. The molecule has 5 heteroatoms. The van der Waals surface area contributed by atoms with Crippen LogP contribution in [0.1, 0.15) is 5.56 Å². The Balaban J connectivity index is 3.20. The van der Waals surface area contributed by atoms with E-state index in [0.29, 0.717) is 11.3 Å². The maximum absolute atomic E-state index is 11.7. The van der Waals surface area contributed by atoms with Crippen molar-refractivity contribution in [1.29, 1.82) is 0 Å². The first-order valence-electron chi connectivity index (χ1n) is 4.65. The number of methoxy groups -OCH3 is 3. The number of rotatable bonds is 4. The molecule has 0 aliphatic rings. The molecule has 0 atom stereocenters. The zero-order chi connectivity index (χ0) is 12.2. The number of carbonyl (C=O) groups excluding carboxylic acids is 1. The molecule has 0 radical (unpaired) electrons. The molecule has 0 saturated heterocycles. The highest BCUT2D eigenvalue weighted by Crippen LogP contribution is 2.28. The molecular formula is C11H15NO4. The molecule has 1 aromatic rings. The maximum Gasteiger partial charge on any atom is 0.371 e. The van der Waals surface area contributed by atoms with E-state index in [9.17, 15) is 4.79 Å². The Morgan fingerprint density at radius 1 is 1.12 bits per heavy atom. The maximum atomic E-state index is 11.7. The third kappa shape index (κ3) is 2.00. The van der Waals surface area contributed by atoms with Crippen LogP contribution in [0.15, 0.2) is 24.3 Å². The first-order chi connectivity index (χ1) is 7.60. The van der Waals surface area contributed by atoms with Crippen molar-refractivity contribution in [2.45, 2.75) is 5.79 Å². The quantitative estimate of drug-likeness (QED) is 0.468. The standard InChI is InChI=1S/C11H15NO4/c1-14-10(13)11(15-2,16-3)8-4-6-9(12)7-5-8/h4-7H,12H2,1-3H3. The fourth-order valence-electron chi connectivity index (χ4n) is 1.44. The van der Waals surface area contributed by atoms with Crippen LogP contribution in [0, 0.1) is 0 Å². The molecule has 0 aromatic heterocycles. The van der Waals surface area contributed by atoms with Crippen LogP contribution in [0.2, 0.25) is 0 Å². The van der Waals surface area contributed by atoms with E-state index in [4.69, 9.17) is 15.2 Å². The predicted molar refractivity (Wildman–Crippen MR) is 58.6 cm³/mol. The minimum atomic E-state index is -1.54. The lowest BCUT2D eigenvalue weighted by atomic mass is 10.1. The van der Waals surface area contributed by atoms with E-state index >= 15 is 0 Å². The number of esters is 1. The number of anilines is 1. The summed E-state index contributed by atoms with van der Waals surface area (Å²) in [6.07, 6.45) is 0. The van der Waals surface area contributed by atoms with Crippen LogP contribution >= 0.6 is 0 Å². The monoisotopic (exact) mass is 225 g/mol. The van der Waals surface area contributed by atoms with Gasteiger partial charge >= 0.3 is 5.97 Å². The van der Waals surface area contributed by atoms with Crippen molar-refractivity contribution in [3.8, 4) is 0 Å². The fourth-order valence-corrected chi connectivity index (χ4v) is 1.44. The second-order valence-corrected chi connectivity index (χ2v) is 3.14. The van der Waals surface area contributed by atoms with E-state index in [0.717, 1.165) is 0 Å². The van der Waals surface area contributed by atoms with Gasteiger partial charge in [0.2, 0.25) is 0 Å². The van der Waals surface area contributed by atoms with E-state index in [1.807, 2.05) is 0 Å². The lowest BCUT2D eigenvalue weighted by Gasteiger charge is -2.27. The van der Waals surface area contributed by atoms with Crippen molar-refractivity contribution < 1.29 is 19.0 Å². The second-order valence-electron chi connectivity index (χ2n) is 3.14. The van der Waals surface area contributed by atoms with Gasteiger partial charge in [-0.2, -0.15) is 0 Å². The van der Waals surface area contributed by atoms with Gasteiger partial charge in [0.25, 0.3) is 5.79 Å². The van der Waals surface area contributed by atoms with Crippen LogP contribution in [0.3, 0.4) is 0 Å². The van der Waals surface area contributed by atoms with Crippen LogP contribution in [0.25, 0.3) is 0 Å². The molecule has 88 valence electrons. The lowest BCUT2D eigenvalue weighted by molar-refractivity contribution is -0.233. The van der Waals surface area contributed by atoms with Gasteiger partial charge in [-0.25, -0.2) is 4.79 Å². The van der Waals surface area contributed by atoms with Gasteiger partial charge in [-0.15, -0.1) is 0 Å². The number of hydrogen-bond acceptors (Lipinski definition) is 5. The van der Waals surface area contributed by atoms with Crippen molar-refractivity contribution >= 4 is 11.7 Å². The zero-order valence-electron chi connectivity index (χ0n) is 9.52. The molecule has 0 spiro atoms. The lowest BCUT2D eigenvalue weighted by Crippen LogP contribution is -2.40. The molecule has 0 unspecified atom stereocenters. The van der Waals surface area contributed by atoms with Crippen molar-refractivity contribution in [1.82, 2.24) is 0 Å². The third-order valence-corrected chi connectivity index (χ3v) is 2.32. The highest BCUT2D eigenvalue weighted by molar-refractivity contribution is 5.79.